The summed E-state index contributed by atoms with van der Waals surface area (Å²) in [7, 11) is 0. The van der Waals surface area contributed by atoms with Crippen LogP contribution >= 0.6 is 0 Å². The predicted octanol–water partition coefficient (Wildman–Crippen LogP) is 1.88. The molecule has 1 aliphatic rings. The average Bonchev–Trinajstić information content (AvgIpc) is 2.68. The minimum Gasteiger partial charge on any atom is -0.481 e. The van der Waals surface area contributed by atoms with Gasteiger partial charge in [-0.3, -0.25) is 9.59 Å². The lowest BCUT2D eigenvalue weighted by Crippen LogP contribution is -2.48. The molecule has 0 spiro atoms. The summed E-state index contributed by atoms with van der Waals surface area (Å²) in [6, 6.07) is 15.2. The van der Waals surface area contributed by atoms with Gasteiger partial charge in [-0.2, -0.15) is 0 Å². The summed E-state index contributed by atoms with van der Waals surface area (Å²) in [5.41, 5.74) is 2.20. The van der Waals surface area contributed by atoms with E-state index >= 15 is 0 Å². The van der Waals surface area contributed by atoms with Crippen LogP contribution < -0.4 is 10.2 Å². The third-order valence-electron chi connectivity index (χ3n) is 4.89. The van der Waals surface area contributed by atoms with Gasteiger partial charge >= 0.3 is 11.9 Å². The summed E-state index contributed by atoms with van der Waals surface area (Å²) in [5.74, 6) is -2.99. The van der Waals surface area contributed by atoms with Crippen molar-refractivity contribution < 1.29 is 24.6 Å². The molecule has 3 rings (SSSR count). The van der Waals surface area contributed by atoms with Crippen LogP contribution in [0.5, 0.6) is 0 Å². The highest BCUT2D eigenvalue weighted by Gasteiger charge is 2.31. The van der Waals surface area contributed by atoms with Crippen LogP contribution in [0.2, 0.25) is 0 Å². The molecule has 2 aromatic carbocycles. The fourth-order valence-corrected chi connectivity index (χ4v) is 3.51. The van der Waals surface area contributed by atoms with Crippen LogP contribution in [-0.2, 0) is 20.8 Å². The number of anilines is 1. The molecule has 1 amide bonds. The molecule has 0 saturated heterocycles. The second-order valence-electron chi connectivity index (χ2n) is 6.81. The second-order valence-corrected chi connectivity index (χ2v) is 6.81. The number of nitrogens with one attached hydrogen (secondary N) is 1. The number of amides is 1. The summed E-state index contributed by atoms with van der Waals surface area (Å²) in [4.78, 5) is 37.3. The van der Waals surface area contributed by atoms with Gasteiger partial charge in [-0.1, -0.05) is 48.5 Å². The van der Waals surface area contributed by atoms with E-state index in [9.17, 15) is 24.6 Å². The number of para-hydroxylation sites is 1. The lowest BCUT2D eigenvalue weighted by molar-refractivity contribution is -0.141. The summed E-state index contributed by atoms with van der Waals surface area (Å²) >= 11 is 0. The van der Waals surface area contributed by atoms with E-state index in [4.69, 9.17) is 0 Å². The maximum Gasteiger partial charge on any atom is 0.326 e. The first-order valence-corrected chi connectivity index (χ1v) is 9.08. The van der Waals surface area contributed by atoms with Gasteiger partial charge in [0.25, 0.3) is 0 Å². The minimum absolute atomic E-state index is 0.0259. The molecule has 7 heteroatoms. The number of carboxylic acid groups (broad SMARTS) is 2. The normalized spacial score (nSPS) is 16.7. The van der Waals surface area contributed by atoms with E-state index in [0.717, 1.165) is 5.56 Å². The van der Waals surface area contributed by atoms with Crippen molar-refractivity contribution in [1.82, 2.24) is 5.32 Å². The smallest absolute Gasteiger partial charge is 0.326 e. The van der Waals surface area contributed by atoms with Crippen molar-refractivity contribution in [2.45, 2.75) is 24.8 Å². The van der Waals surface area contributed by atoms with Gasteiger partial charge in [-0.05, 0) is 23.6 Å². The van der Waals surface area contributed by atoms with Crippen LogP contribution in [0.3, 0.4) is 0 Å². The highest BCUT2D eigenvalue weighted by molar-refractivity contribution is 5.88. The van der Waals surface area contributed by atoms with Gasteiger partial charge in [0.1, 0.15) is 6.04 Å². The first-order chi connectivity index (χ1) is 13.5. The van der Waals surface area contributed by atoms with Crippen LogP contribution in [-0.4, -0.2) is 47.2 Å². The molecule has 0 saturated carbocycles. The maximum absolute atomic E-state index is 12.5. The van der Waals surface area contributed by atoms with Crippen LogP contribution in [0, 0.1) is 0 Å². The number of aliphatic carboxylic acids is 2. The summed E-state index contributed by atoms with van der Waals surface area (Å²) in [5, 5.41) is 21.4. The summed E-state index contributed by atoms with van der Waals surface area (Å²) < 4.78 is 0. The first-order valence-electron chi connectivity index (χ1n) is 9.08. The standard InChI is InChI=1S/C21H22N2O5/c24-19(22-17(21(27)28)12-14-6-2-1-3-7-14)13-23-11-10-16(20(25)26)15-8-4-5-9-18(15)23/h1-9,16-17H,10-13H2,(H,22,24)(H,25,26)(H,27,28)/t16?,17-/m1/s1. The molecule has 1 heterocycles. The van der Waals surface area contributed by atoms with E-state index in [0.29, 0.717) is 24.2 Å². The summed E-state index contributed by atoms with van der Waals surface area (Å²) in [6.07, 6.45) is 0.589. The zero-order chi connectivity index (χ0) is 20.1. The Morgan fingerprint density at radius 3 is 2.39 bits per heavy atom. The summed E-state index contributed by atoms with van der Waals surface area (Å²) in [6.45, 7) is 0.389. The Kier molecular flexibility index (Phi) is 5.93. The van der Waals surface area contributed by atoms with Crippen molar-refractivity contribution in [2.24, 2.45) is 0 Å². The Bertz CT molecular complexity index is 868. The largest absolute Gasteiger partial charge is 0.481 e. The van der Waals surface area contributed by atoms with Gasteiger partial charge in [0, 0.05) is 18.7 Å². The van der Waals surface area contributed by atoms with E-state index in [-0.39, 0.29) is 13.0 Å². The molecule has 28 heavy (non-hydrogen) atoms. The monoisotopic (exact) mass is 382 g/mol. The number of carbonyl (C=O) groups is 3. The van der Waals surface area contributed by atoms with Crippen molar-refractivity contribution >= 4 is 23.5 Å². The van der Waals surface area contributed by atoms with Gasteiger partial charge in [-0.15, -0.1) is 0 Å². The maximum atomic E-state index is 12.5. The highest BCUT2D eigenvalue weighted by atomic mass is 16.4. The molecule has 146 valence electrons. The number of hydrogen-bond donors (Lipinski definition) is 3. The van der Waals surface area contributed by atoms with Gasteiger partial charge in [0.2, 0.25) is 5.91 Å². The van der Waals surface area contributed by atoms with Gasteiger partial charge in [0.15, 0.2) is 0 Å². The van der Waals surface area contributed by atoms with Crippen molar-refractivity contribution in [3.8, 4) is 0 Å². The molecule has 1 unspecified atom stereocenters. The molecule has 7 nitrogen and oxygen atoms in total. The average molecular weight is 382 g/mol. The lowest BCUT2D eigenvalue weighted by atomic mass is 9.90. The second kappa shape index (κ2) is 8.56. The van der Waals surface area contributed by atoms with E-state index in [2.05, 4.69) is 5.32 Å². The molecule has 0 aromatic heterocycles. The number of carboxylic acids is 2. The van der Waals surface area contributed by atoms with Crippen LogP contribution in [0.15, 0.2) is 54.6 Å². The zero-order valence-electron chi connectivity index (χ0n) is 15.2. The SMILES string of the molecule is O=C(CN1CCC(C(=O)O)c2ccccc21)N[C@H](Cc1ccccc1)C(=O)O. The molecule has 0 aliphatic carbocycles. The third kappa shape index (κ3) is 4.49. The quantitative estimate of drug-likeness (QED) is 0.675. The minimum atomic E-state index is -1.10. The topological polar surface area (TPSA) is 107 Å². The third-order valence-corrected chi connectivity index (χ3v) is 4.89. The number of hydrogen-bond acceptors (Lipinski definition) is 4. The van der Waals surface area contributed by atoms with Gasteiger partial charge in [-0.25, -0.2) is 4.79 Å². The molecule has 0 radical (unpaired) electrons. The Morgan fingerprint density at radius 1 is 1.04 bits per heavy atom. The molecule has 2 aromatic rings. The molecule has 0 fully saturated rings. The number of carbonyl (C=O) groups excluding carboxylic acids is 1. The lowest BCUT2D eigenvalue weighted by Gasteiger charge is -2.34. The molecule has 3 N–H and O–H groups in total. The number of fused-ring (bicyclic) bond motifs is 1. The van der Waals surface area contributed by atoms with Crippen molar-refractivity contribution in [3.05, 3.63) is 65.7 Å². The molecule has 0 bridgehead atoms. The van der Waals surface area contributed by atoms with E-state index < -0.39 is 29.8 Å². The Balaban J connectivity index is 1.69. The van der Waals surface area contributed by atoms with Crippen LogP contribution in [0.1, 0.15) is 23.5 Å². The number of rotatable bonds is 7. The Labute approximate surface area is 162 Å². The molecule has 1 aliphatic heterocycles. The van der Waals surface area contributed by atoms with E-state index in [1.165, 1.54) is 0 Å². The Morgan fingerprint density at radius 2 is 1.71 bits per heavy atom. The fourth-order valence-electron chi connectivity index (χ4n) is 3.51. The molecule has 2 atom stereocenters. The van der Waals surface area contributed by atoms with Gasteiger partial charge < -0.3 is 20.4 Å². The highest BCUT2D eigenvalue weighted by Crippen LogP contribution is 2.35. The number of nitrogens with zero attached hydrogens (tertiary/aromatic N) is 1. The predicted molar refractivity (Wildman–Crippen MR) is 103 cm³/mol. The fraction of sp³-hybridized carbons (Fsp3) is 0.286. The molecular weight excluding hydrogens is 360 g/mol. The van der Waals surface area contributed by atoms with Crippen molar-refractivity contribution in [1.29, 1.82) is 0 Å². The first kappa shape index (κ1) is 19.4. The van der Waals surface area contributed by atoms with Gasteiger partial charge in [0.05, 0.1) is 12.5 Å². The van der Waals surface area contributed by atoms with Crippen molar-refractivity contribution in [2.75, 3.05) is 18.0 Å². The van der Waals surface area contributed by atoms with E-state index in [1.807, 2.05) is 30.3 Å². The zero-order valence-corrected chi connectivity index (χ0v) is 15.2. The molecular formula is C21H22N2O5. The Hall–Kier alpha value is -3.35. The van der Waals surface area contributed by atoms with Crippen LogP contribution in [0.4, 0.5) is 5.69 Å². The van der Waals surface area contributed by atoms with Crippen molar-refractivity contribution in [3.63, 3.8) is 0 Å². The number of benzene rings is 2. The van der Waals surface area contributed by atoms with Crippen LogP contribution in [0.25, 0.3) is 0 Å². The van der Waals surface area contributed by atoms with E-state index in [1.54, 1.807) is 29.2 Å².